The molecule has 2 saturated heterocycles. The first-order chi connectivity index (χ1) is 21.9. The molecule has 0 bridgehead atoms. The highest BCUT2D eigenvalue weighted by atomic mass is 32.1. The normalized spacial score (nSPS) is 18.4. The van der Waals surface area contributed by atoms with Crippen LogP contribution in [0.1, 0.15) is 76.4 Å². The molecule has 6 rings (SSSR count). The lowest BCUT2D eigenvalue weighted by atomic mass is 9.79. The molecule has 0 saturated carbocycles. The molecule has 15 heteroatoms. The number of amides is 1. The molecule has 0 radical (unpaired) electrons. The van der Waals surface area contributed by atoms with Crippen molar-refractivity contribution < 1.29 is 33.3 Å². The number of carbonyl (C=O) groups is 2. The van der Waals surface area contributed by atoms with Gasteiger partial charge in [0.2, 0.25) is 0 Å². The van der Waals surface area contributed by atoms with E-state index >= 15 is 0 Å². The molecular formula is C32H40B2N4O7S2. The lowest BCUT2D eigenvalue weighted by molar-refractivity contribution is 0.00578. The fraction of sp³-hybridized carbons (Fsp3) is 0.375. The molecule has 2 aromatic heterocycles. The summed E-state index contributed by atoms with van der Waals surface area (Å²) in [5, 5.41) is 14.2. The number of carbonyl (C=O) groups excluding carboxylic acids is 1. The summed E-state index contributed by atoms with van der Waals surface area (Å²) in [6, 6.07) is 15.1. The van der Waals surface area contributed by atoms with Crippen molar-refractivity contribution in [1.29, 1.82) is 0 Å². The van der Waals surface area contributed by atoms with Gasteiger partial charge >= 0.3 is 20.2 Å². The van der Waals surface area contributed by atoms with Crippen molar-refractivity contribution in [3.63, 3.8) is 0 Å². The Morgan fingerprint density at radius 1 is 0.681 bits per heavy atom. The Kier molecular flexibility index (Phi) is 11.0. The van der Waals surface area contributed by atoms with Crippen LogP contribution in [0.25, 0.3) is 0 Å². The quantitative estimate of drug-likeness (QED) is 0.192. The summed E-state index contributed by atoms with van der Waals surface area (Å²) in [4.78, 5) is 29.5. The predicted molar refractivity (Wildman–Crippen MR) is 188 cm³/mol. The van der Waals surface area contributed by atoms with Crippen molar-refractivity contribution in [3.05, 3.63) is 81.7 Å². The van der Waals surface area contributed by atoms with Gasteiger partial charge in [-0.15, -0.1) is 22.7 Å². The smallest absolute Gasteiger partial charge is 0.476 e. The van der Waals surface area contributed by atoms with Crippen molar-refractivity contribution in [2.45, 2.75) is 77.8 Å². The number of nitrogens with two attached hydrogens (primary N) is 1. The van der Waals surface area contributed by atoms with Gasteiger partial charge in [-0.2, -0.15) is 0 Å². The van der Waals surface area contributed by atoms with Crippen molar-refractivity contribution in [2.75, 3.05) is 11.1 Å². The third-order valence-electron chi connectivity index (χ3n) is 8.47. The molecule has 0 unspecified atom stereocenters. The summed E-state index contributed by atoms with van der Waals surface area (Å²) in [5.41, 5.74) is 11.4. The number of hydrogen-bond acceptors (Lipinski definition) is 11. The topological polar surface area (TPSA) is 155 Å². The van der Waals surface area contributed by atoms with Crippen molar-refractivity contribution >= 4 is 71.1 Å². The van der Waals surface area contributed by atoms with Gasteiger partial charge in [0, 0.05) is 22.1 Å². The molecule has 11 nitrogen and oxygen atoms in total. The Morgan fingerprint density at radius 2 is 1.06 bits per heavy atom. The molecular weight excluding hydrogens is 638 g/mol. The number of carboxylic acids is 1. The summed E-state index contributed by atoms with van der Waals surface area (Å²) >= 11 is 2.67. The van der Waals surface area contributed by atoms with Crippen LogP contribution in [0.15, 0.2) is 70.3 Å². The number of thiazole rings is 2. The fourth-order valence-electron chi connectivity index (χ4n) is 4.17. The minimum atomic E-state index is -0.966. The fourth-order valence-corrected chi connectivity index (χ4v) is 5.23. The zero-order valence-corrected chi connectivity index (χ0v) is 29.4. The van der Waals surface area contributed by atoms with Crippen molar-refractivity contribution in [3.8, 4) is 0 Å². The molecule has 2 aliphatic heterocycles. The van der Waals surface area contributed by atoms with E-state index in [-0.39, 0.29) is 41.1 Å². The lowest BCUT2D eigenvalue weighted by Gasteiger charge is -2.32. The molecule has 0 spiro atoms. The molecule has 2 aliphatic rings. The third kappa shape index (κ3) is 8.86. The molecule has 0 aliphatic carbocycles. The maximum Gasteiger partial charge on any atom is 0.494 e. The molecule has 1 amide bonds. The van der Waals surface area contributed by atoms with Crippen LogP contribution in [0.4, 0.5) is 11.4 Å². The zero-order chi connectivity index (χ0) is 34.6. The molecule has 2 fully saturated rings. The van der Waals surface area contributed by atoms with E-state index in [1.807, 2.05) is 104 Å². The first-order valence-electron chi connectivity index (χ1n) is 14.9. The highest BCUT2D eigenvalue weighted by Crippen LogP contribution is 2.37. The van der Waals surface area contributed by atoms with Crippen LogP contribution in [-0.2, 0) is 18.6 Å². The van der Waals surface area contributed by atoms with E-state index in [1.165, 1.54) is 33.6 Å². The maximum absolute atomic E-state index is 12.0. The monoisotopic (exact) mass is 678 g/mol. The minimum absolute atomic E-state index is 0.120. The van der Waals surface area contributed by atoms with Crippen LogP contribution in [-0.4, -0.2) is 63.6 Å². The van der Waals surface area contributed by atoms with Crippen molar-refractivity contribution in [1.82, 2.24) is 9.97 Å². The average Bonchev–Trinajstić information content (AvgIpc) is 3.78. The van der Waals surface area contributed by atoms with E-state index < -0.39 is 13.1 Å². The van der Waals surface area contributed by atoms with Gasteiger partial charge < -0.3 is 34.8 Å². The van der Waals surface area contributed by atoms with E-state index in [1.54, 1.807) is 10.9 Å². The summed E-state index contributed by atoms with van der Waals surface area (Å²) in [6.07, 6.45) is 0. The number of aromatic carboxylic acids is 1. The van der Waals surface area contributed by atoms with E-state index in [4.69, 9.17) is 29.5 Å². The SMILES string of the molecule is CC1(C)OB(c2ccc(N)cc2)OC1(C)C.CC1(C)OB(c2ccc(NC(=O)c3cscn3)cc2)OC1(C)C.O=C(O)c1cscn1. The third-order valence-corrected chi connectivity index (χ3v) is 9.65. The summed E-state index contributed by atoms with van der Waals surface area (Å²) < 4.78 is 23.9. The maximum atomic E-state index is 12.0. The molecule has 4 heterocycles. The second kappa shape index (κ2) is 14.3. The summed E-state index contributed by atoms with van der Waals surface area (Å²) in [7, 11) is -0.700. The number of rotatable bonds is 5. The van der Waals surface area contributed by atoms with Crippen LogP contribution in [0, 0.1) is 0 Å². The van der Waals surface area contributed by atoms with Crippen LogP contribution in [0.3, 0.4) is 0 Å². The van der Waals surface area contributed by atoms with E-state index in [0.29, 0.717) is 11.4 Å². The lowest BCUT2D eigenvalue weighted by Crippen LogP contribution is -2.41. The van der Waals surface area contributed by atoms with Gasteiger partial charge in [-0.1, -0.05) is 24.3 Å². The molecule has 0 atom stereocenters. The molecule has 47 heavy (non-hydrogen) atoms. The Labute approximate surface area is 284 Å². The van der Waals surface area contributed by atoms with Gasteiger partial charge in [0.1, 0.15) is 5.69 Å². The van der Waals surface area contributed by atoms with Gasteiger partial charge in [-0.3, -0.25) is 4.79 Å². The molecule has 248 valence electrons. The largest absolute Gasteiger partial charge is 0.494 e. The predicted octanol–water partition coefficient (Wildman–Crippen LogP) is 5.10. The highest BCUT2D eigenvalue weighted by molar-refractivity contribution is 7.08. The van der Waals surface area contributed by atoms with Gasteiger partial charge in [0.15, 0.2) is 5.69 Å². The van der Waals surface area contributed by atoms with Gasteiger partial charge in [-0.05, 0) is 90.6 Å². The molecule has 4 N–H and O–H groups in total. The molecule has 2 aromatic carbocycles. The second-order valence-electron chi connectivity index (χ2n) is 13.0. The van der Waals surface area contributed by atoms with Gasteiger partial charge in [0.05, 0.1) is 33.4 Å². The van der Waals surface area contributed by atoms with Gasteiger partial charge in [-0.25, -0.2) is 14.8 Å². The Morgan fingerprint density at radius 3 is 1.40 bits per heavy atom. The first kappa shape index (κ1) is 36.2. The average molecular weight is 678 g/mol. The number of carboxylic acid groups (broad SMARTS) is 1. The van der Waals surface area contributed by atoms with E-state index in [9.17, 15) is 9.59 Å². The van der Waals surface area contributed by atoms with E-state index in [0.717, 1.165) is 16.6 Å². The number of anilines is 2. The number of nitrogen functional groups attached to an aromatic ring is 1. The first-order valence-corrected chi connectivity index (χ1v) is 16.8. The number of hydrogen-bond donors (Lipinski definition) is 3. The van der Waals surface area contributed by atoms with Crippen LogP contribution >= 0.6 is 22.7 Å². The van der Waals surface area contributed by atoms with Crippen LogP contribution in [0.5, 0.6) is 0 Å². The minimum Gasteiger partial charge on any atom is -0.476 e. The Balaban J connectivity index is 0.000000180. The summed E-state index contributed by atoms with van der Waals surface area (Å²) in [6.45, 7) is 16.3. The summed E-state index contributed by atoms with van der Waals surface area (Å²) in [5.74, 6) is -1.18. The van der Waals surface area contributed by atoms with E-state index in [2.05, 4.69) is 15.3 Å². The second-order valence-corrected chi connectivity index (χ2v) is 14.4. The van der Waals surface area contributed by atoms with Crippen molar-refractivity contribution in [2.24, 2.45) is 0 Å². The number of nitrogens with zero attached hydrogens (tertiary/aromatic N) is 2. The number of benzene rings is 2. The standard InChI is InChI=1S/C16H19BN2O3S.C12H18BNO2.C4H3NO2S/c1-15(2)16(3,4)22-17(21-15)11-5-7-12(8-6-11)19-14(20)13-9-23-10-18-13;1-11(2)12(3,4)16-13(15-11)9-5-7-10(14)8-6-9;6-4(7)3-1-8-2-5-3/h5-10H,1-4H3,(H,19,20);5-8H,14H2,1-4H3;1-2H,(H,6,7). The molecule has 4 aromatic rings. The van der Waals surface area contributed by atoms with Gasteiger partial charge in [0.25, 0.3) is 5.91 Å². The van der Waals surface area contributed by atoms with Crippen LogP contribution < -0.4 is 22.0 Å². The van der Waals surface area contributed by atoms with Crippen LogP contribution in [0.2, 0.25) is 0 Å². The Bertz CT molecular complexity index is 1600. The number of aromatic nitrogens is 2. The highest BCUT2D eigenvalue weighted by Gasteiger charge is 2.52. The number of nitrogens with one attached hydrogen (secondary N) is 1. The zero-order valence-electron chi connectivity index (χ0n) is 27.8. The Hall–Kier alpha value is -3.59.